The molecule has 2 aromatic rings. The average molecular weight is 508 g/mol. The minimum absolute atomic E-state index is 0. The number of carbonyl (C=O) groups is 3. The Balaban J connectivity index is 0.000000453. The summed E-state index contributed by atoms with van der Waals surface area (Å²) in [6.07, 6.45) is 9.13. The minimum atomic E-state index is -0.388. The highest BCUT2D eigenvalue weighted by molar-refractivity contribution is 5.79. The quantitative estimate of drug-likeness (QED) is 0.511. The Kier molecular flexibility index (Phi) is 8.90. The monoisotopic (exact) mass is 507 g/mol. The fourth-order valence-electron chi connectivity index (χ4n) is 4.71. The van der Waals surface area contributed by atoms with Crippen LogP contribution in [0.5, 0.6) is 0 Å². The summed E-state index contributed by atoms with van der Waals surface area (Å²) in [4.78, 5) is 36.6. The Bertz CT molecular complexity index is 1100. The second kappa shape index (κ2) is 12.5. The number of aldehydes is 1. The van der Waals surface area contributed by atoms with E-state index < -0.39 is 0 Å². The van der Waals surface area contributed by atoms with Crippen molar-refractivity contribution in [2.75, 3.05) is 26.7 Å². The standard InChI is InChI=1S/C18H25N3O4.C12H10.3H2/c1-19-17(24)25-15-3-7-21(8-4-15)9-5-16(23)20-14-2-6-18(12-22)11-13(18)10-14;1-3-7-11(8-4-1)12-9-5-2-6-10-12;;;/h2,6,10,12-13,15H,3-5,7-9,11H2,1H3,(H,19,24)(H,20,23);1-10H;3*1H. The molecule has 2 N–H and O–H groups in total. The molecule has 1 aliphatic heterocycles. The van der Waals surface area contributed by atoms with Gasteiger partial charge in [-0.1, -0.05) is 72.8 Å². The maximum absolute atomic E-state index is 12.1. The molecule has 2 unspecified atom stereocenters. The van der Waals surface area contributed by atoms with E-state index in [0.717, 1.165) is 44.3 Å². The molecule has 7 heteroatoms. The molecule has 0 spiro atoms. The molecule has 1 heterocycles. The number of carbonyl (C=O) groups excluding carboxylic acids is 3. The number of benzene rings is 2. The van der Waals surface area contributed by atoms with Gasteiger partial charge < -0.3 is 25.1 Å². The maximum atomic E-state index is 12.1. The molecule has 2 amide bonds. The van der Waals surface area contributed by atoms with Gasteiger partial charge in [0.15, 0.2) is 0 Å². The van der Waals surface area contributed by atoms with Gasteiger partial charge in [0.05, 0.1) is 5.41 Å². The minimum Gasteiger partial charge on any atom is -0.446 e. The first-order valence-electron chi connectivity index (χ1n) is 12.9. The summed E-state index contributed by atoms with van der Waals surface area (Å²) < 4.78 is 5.25. The maximum Gasteiger partial charge on any atom is 0.407 e. The highest BCUT2D eigenvalue weighted by Crippen LogP contribution is 2.55. The number of hydrogen-bond donors (Lipinski definition) is 2. The molecule has 2 aromatic carbocycles. The molecule has 0 bridgehead atoms. The Morgan fingerprint density at radius 1 is 1.05 bits per heavy atom. The van der Waals surface area contributed by atoms with E-state index in [1.807, 2.05) is 30.4 Å². The van der Waals surface area contributed by atoms with E-state index >= 15 is 0 Å². The van der Waals surface area contributed by atoms with Crippen molar-refractivity contribution < 1.29 is 23.4 Å². The molecule has 2 atom stereocenters. The number of allylic oxidation sites excluding steroid dienone is 3. The van der Waals surface area contributed by atoms with E-state index in [9.17, 15) is 14.4 Å². The van der Waals surface area contributed by atoms with Gasteiger partial charge in [-0.2, -0.15) is 0 Å². The number of piperidine rings is 1. The van der Waals surface area contributed by atoms with E-state index in [2.05, 4.69) is 64.1 Å². The van der Waals surface area contributed by atoms with Crippen LogP contribution in [0, 0.1) is 11.3 Å². The van der Waals surface area contributed by atoms with Gasteiger partial charge >= 0.3 is 6.09 Å². The molecule has 1 saturated heterocycles. The smallest absolute Gasteiger partial charge is 0.407 e. The number of nitrogens with one attached hydrogen (secondary N) is 2. The van der Waals surface area contributed by atoms with Crippen molar-refractivity contribution in [3.05, 3.63) is 84.6 Å². The van der Waals surface area contributed by atoms with Crippen molar-refractivity contribution in [2.45, 2.75) is 31.8 Å². The predicted octanol–water partition coefficient (Wildman–Crippen LogP) is 5.06. The van der Waals surface area contributed by atoms with Crippen LogP contribution in [0.3, 0.4) is 0 Å². The van der Waals surface area contributed by atoms with E-state index in [4.69, 9.17) is 4.74 Å². The van der Waals surface area contributed by atoms with Crippen LogP contribution in [-0.4, -0.2) is 56.0 Å². The first-order chi connectivity index (χ1) is 18.0. The summed E-state index contributed by atoms with van der Waals surface area (Å²) in [5, 5.41) is 5.37. The summed E-state index contributed by atoms with van der Waals surface area (Å²) >= 11 is 0. The lowest BCUT2D eigenvalue weighted by molar-refractivity contribution is -0.120. The van der Waals surface area contributed by atoms with Crippen molar-refractivity contribution in [1.82, 2.24) is 15.5 Å². The third-order valence-corrected chi connectivity index (χ3v) is 7.11. The second-order valence-corrected chi connectivity index (χ2v) is 9.72. The van der Waals surface area contributed by atoms with E-state index in [1.54, 1.807) is 7.05 Å². The van der Waals surface area contributed by atoms with Crippen LogP contribution < -0.4 is 10.6 Å². The summed E-state index contributed by atoms with van der Waals surface area (Å²) in [5.41, 5.74) is 3.05. The van der Waals surface area contributed by atoms with Gasteiger partial charge in [0.1, 0.15) is 12.4 Å². The molecule has 0 radical (unpaired) electrons. The molecule has 2 aliphatic carbocycles. The van der Waals surface area contributed by atoms with E-state index in [0.29, 0.717) is 13.0 Å². The molecule has 37 heavy (non-hydrogen) atoms. The van der Waals surface area contributed by atoms with Crippen LogP contribution in [0.15, 0.2) is 84.6 Å². The van der Waals surface area contributed by atoms with Crippen molar-refractivity contribution in [3.63, 3.8) is 0 Å². The molecule has 7 nitrogen and oxygen atoms in total. The first-order valence-corrected chi connectivity index (χ1v) is 12.9. The Hall–Kier alpha value is -3.71. The van der Waals surface area contributed by atoms with Crippen LogP contribution in [0.1, 0.15) is 30.0 Å². The molecule has 200 valence electrons. The van der Waals surface area contributed by atoms with Crippen LogP contribution in [0.2, 0.25) is 0 Å². The molecule has 1 saturated carbocycles. The van der Waals surface area contributed by atoms with Crippen LogP contribution in [0.4, 0.5) is 4.79 Å². The molecular formula is C30H41N3O4. The third-order valence-electron chi connectivity index (χ3n) is 7.11. The van der Waals surface area contributed by atoms with Crippen molar-refractivity contribution >= 4 is 18.3 Å². The van der Waals surface area contributed by atoms with Gasteiger partial charge in [-0.25, -0.2) is 4.79 Å². The lowest BCUT2D eigenvalue weighted by Crippen LogP contribution is -2.40. The van der Waals surface area contributed by atoms with Gasteiger partial charge in [0.2, 0.25) is 5.91 Å². The van der Waals surface area contributed by atoms with Crippen molar-refractivity contribution in [1.29, 1.82) is 0 Å². The highest BCUT2D eigenvalue weighted by Gasteiger charge is 2.52. The number of alkyl carbamates (subject to hydrolysis) is 1. The lowest BCUT2D eigenvalue weighted by Gasteiger charge is -2.31. The van der Waals surface area contributed by atoms with E-state index in [-0.39, 0.29) is 33.7 Å². The Labute approximate surface area is 223 Å². The summed E-state index contributed by atoms with van der Waals surface area (Å²) in [7, 11) is 1.55. The molecule has 3 aliphatic rings. The number of hydrogen-bond acceptors (Lipinski definition) is 5. The third kappa shape index (κ3) is 7.40. The number of rotatable bonds is 7. The normalized spacial score (nSPS) is 22.4. The number of fused-ring (bicyclic) bond motifs is 1. The van der Waals surface area contributed by atoms with Gasteiger partial charge in [-0.15, -0.1) is 0 Å². The average Bonchev–Trinajstić information content (AvgIpc) is 3.68. The number of nitrogens with zero attached hydrogens (tertiary/aromatic N) is 1. The van der Waals surface area contributed by atoms with Crippen LogP contribution >= 0.6 is 0 Å². The van der Waals surface area contributed by atoms with Gasteiger partial charge in [0, 0.05) is 43.1 Å². The number of likely N-dealkylation sites (tertiary alicyclic amines) is 1. The largest absolute Gasteiger partial charge is 0.446 e. The summed E-state index contributed by atoms with van der Waals surface area (Å²) in [5.74, 6) is 0.225. The fourth-order valence-corrected chi connectivity index (χ4v) is 4.71. The molecular weight excluding hydrogens is 466 g/mol. The fraction of sp³-hybridized carbons (Fsp3) is 0.367. The van der Waals surface area contributed by atoms with Crippen molar-refractivity contribution in [2.24, 2.45) is 11.3 Å². The molecule has 5 rings (SSSR count). The zero-order valence-electron chi connectivity index (χ0n) is 21.3. The number of ether oxygens (including phenoxy) is 1. The second-order valence-electron chi connectivity index (χ2n) is 9.72. The van der Waals surface area contributed by atoms with Crippen LogP contribution in [0.25, 0.3) is 11.1 Å². The summed E-state index contributed by atoms with van der Waals surface area (Å²) in [6, 6.07) is 20.8. The summed E-state index contributed by atoms with van der Waals surface area (Å²) in [6.45, 7) is 2.33. The zero-order valence-corrected chi connectivity index (χ0v) is 21.3. The topological polar surface area (TPSA) is 87.7 Å². The van der Waals surface area contributed by atoms with Gasteiger partial charge in [-0.05, 0) is 42.4 Å². The van der Waals surface area contributed by atoms with Crippen molar-refractivity contribution in [3.8, 4) is 11.1 Å². The Morgan fingerprint density at radius 2 is 1.68 bits per heavy atom. The predicted molar refractivity (Wildman–Crippen MR) is 150 cm³/mol. The zero-order chi connectivity index (χ0) is 26.1. The highest BCUT2D eigenvalue weighted by atomic mass is 16.6. The van der Waals surface area contributed by atoms with Gasteiger partial charge in [0.25, 0.3) is 0 Å². The Morgan fingerprint density at radius 3 is 2.22 bits per heavy atom. The van der Waals surface area contributed by atoms with Crippen LogP contribution in [-0.2, 0) is 14.3 Å². The first kappa shape index (κ1) is 26.4. The molecule has 2 fully saturated rings. The number of amides is 2. The van der Waals surface area contributed by atoms with E-state index in [1.165, 1.54) is 11.1 Å². The molecule has 0 aromatic heterocycles. The SMILES string of the molecule is CNC(=O)OC1CCN(CCC(=O)NC2=CC3CC3(C=O)C=C2)CC1.[HH].[HH].[HH].c1ccc(-c2ccccc2)cc1. The lowest BCUT2D eigenvalue weighted by atomic mass is 10.00. The van der Waals surface area contributed by atoms with Gasteiger partial charge in [-0.3, -0.25) is 4.79 Å².